The molecule has 14 heavy (non-hydrogen) atoms. The SMILES string of the molecule is Cc1csc(=O)n1CC(CS)C(C)C. The second-order valence-electron chi connectivity index (χ2n) is 3.94. The van der Waals surface area contributed by atoms with Crippen molar-refractivity contribution < 1.29 is 0 Å². The average molecular weight is 231 g/mol. The van der Waals surface area contributed by atoms with Crippen LogP contribution in [0.15, 0.2) is 10.2 Å². The highest BCUT2D eigenvalue weighted by Crippen LogP contribution is 2.15. The van der Waals surface area contributed by atoms with Gasteiger partial charge in [-0.1, -0.05) is 25.2 Å². The van der Waals surface area contributed by atoms with E-state index in [-0.39, 0.29) is 4.87 Å². The van der Waals surface area contributed by atoms with Gasteiger partial charge in [-0.2, -0.15) is 12.6 Å². The van der Waals surface area contributed by atoms with E-state index in [1.165, 1.54) is 11.3 Å². The lowest BCUT2D eigenvalue weighted by Crippen LogP contribution is -2.24. The molecule has 1 heterocycles. The average Bonchev–Trinajstić information content (AvgIpc) is 2.43. The lowest BCUT2D eigenvalue weighted by atomic mass is 9.98. The number of aryl methyl sites for hydroxylation is 1. The number of aromatic nitrogens is 1. The summed E-state index contributed by atoms with van der Waals surface area (Å²) in [4.78, 5) is 11.6. The summed E-state index contributed by atoms with van der Waals surface area (Å²) in [6.07, 6.45) is 0. The van der Waals surface area contributed by atoms with Crippen LogP contribution < -0.4 is 4.87 Å². The summed E-state index contributed by atoms with van der Waals surface area (Å²) < 4.78 is 1.85. The maximum atomic E-state index is 11.5. The molecule has 0 aliphatic rings. The molecule has 1 aromatic rings. The molecule has 1 atom stereocenters. The van der Waals surface area contributed by atoms with Crippen molar-refractivity contribution in [3.8, 4) is 0 Å². The predicted octanol–water partition coefficient (Wildman–Crippen LogP) is 2.42. The predicted molar refractivity (Wildman–Crippen MR) is 65.5 cm³/mol. The molecule has 0 saturated carbocycles. The van der Waals surface area contributed by atoms with Gasteiger partial charge in [-0.05, 0) is 24.5 Å². The van der Waals surface area contributed by atoms with E-state index in [1.54, 1.807) is 0 Å². The first-order chi connectivity index (χ1) is 6.56. The maximum Gasteiger partial charge on any atom is 0.307 e. The van der Waals surface area contributed by atoms with Crippen molar-refractivity contribution in [1.82, 2.24) is 4.57 Å². The van der Waals surface area contributed by atoms with E-state index in [4.69, 9.17) is 0 Å². The lowest BCUT2D eigenvalue weighted by Gasteiger charge is -2.19. The Balaban J connectivity index is 2.81. The highest BCUT2D eigenvalue weighted by atomic mass is 32.1. The highest BCUT2D eigenvalue weighted by Gasteiger charge is 2.14. The molecule has 4 heteroatoms. The summed E-state index contributed by atoms with van der Waals surface area (Å²) in [7, 11) is 0. The van der Waals surface area contributed by atoms with Crippen molar-refractivity contribution in [3.05, 3.63) is 20.7 Å². The van der Waals surface area contributed by atoms with E-state index in [1.807, 2.05) is 16.9 Å². The zero-order valence-corrected chi connectivity index (χ0v) is 10.6. The normalized spacial score (nSPS) is 13.5. The topological polar surface area (TPSA) is 22.0 Å². The minimum Gasteiger partial charge on any atom is -0.303 e. The summed E-state index contributed by atoms with van der Waals surface area (Å²) in [6, 6.07) is 0. The molecule has 0 aliphatic carbocycles. The molecular weight excluding hydrogens is 214 g/mol. The summed E-state index contributed by atoms with van der Waals surface area (Å²) in [5, 5.41) is 1.91. The van der Waals surface area contributed by atoms with Crippen LogP contribution in [0.5, 0.6) is 0 Å². The van der Waals surface area contributed by atoms with E-state index in [9.17, 15) is 4.79 Å². The van der Waals surface area contributed by atoms with Crippen LogP contribution in [0.2, 0.25) is 0 Å². The molecule has 0 amide bonds. The zero-order valence-electron chi connectivity index (χ0n) is 8.86. The third-order valence-electron chi connectivity index (χ3n) is 2.57. The molecule has 0 radical (unpaired) electrons. The zero-order chi connectivity index (χ0) is 10.7. The molecule has 0 fully saturated rings. The summed E-state index contributed by atoms with van der Waals surface area (Å²) in [6.45, 7) is 7.13. The van der Waals surface area contributed by atoms with Gasteiger partial charge >= 0.3 is 4.87 Å². The number of hydrogen-bond acceptors (Lipinski definition) is 3. The standard InChI is InChI=1S/C10H17NOS2/c1-7(2)9(5-13)4-11-8(3)6-14-10(11)12/h6-7,9,13H,4-5H2,1-3H3. The Morgan fingerprint density at radius 2 is 2.21 bits per heavy atom. The number of thiol groups is 1. The van der Waals surface area contributed by atoms with E-state index in [0.717, 1.165) is 18.0 Å². The van der Waals surface area contributed by atoms with Gasteiger partial charge in [0, 0.05) is 17.6 Å². The van der Waals surface area contributed by atoms with Gasteiger partial charge in [-0.15, -0.1) is 0 Å². The van der Waals surface area contributed by atoms with Gasteiger partial charge in [-0.3, -0.25) is 4.79 Å². The van der Waals surface area contributed by atoms with Crippen molar-refractivity contribution in [3.63, 3.8) is 0 Å². The molecule has 1 unspecified atom stereocenters. The van der Waals surface area contributed by atoms with E-state index < -0.39 is 0 Å². The molecule has 2 nitrogen and oxygen atoms in total. The fourth-order valence-electron chi connectivity index (χ4n) is 1.34. The largest absolute Gasteiger partial charge is 0.307 e. The second-order valence-corrected chi connectivity index (χ2v) is 5.13. The summed E-state index contributed by atoms with van der Waals surface area (Å²) >= 11 is 5.60. The summed E-state index contributed by atoms with van der Waals surface area (Å²) in [5.41, 5.74) is 1.06. The quantitative estimate of drug-likeness (QED) is 0.790. The van der Waals surface area contributed by atoms with Crippen molar-refractivity contribution in [2.24, 2.45) is 11.8 Å². The first-order valence-electron chi connectivity index (χ1n) is 4.82. The number of nitrogens with zero attached hydrogens (tertiary/aromatic N) is 1. The maximum absolute atomic E-state index is 11.5. The number of hydrogen-bond donors (Lipinski definition) is 1. The van der Waals surface area contributed by atoms with Crippen LogP contribution in [-0.2, 0) is 6.54 Å². The van der Waals surface area contributed by atoms with Gasteiger partial charge in [0.2, 0.25) is 0 Å². The van der Waals surface area contributed by atoms with Gasteiger partial charge in [0.1, 0.15) is 0 Å². The van der Waals surface area contributed by atoms with Crippen LogP contribution in [0.4, 0.5) is 0 Å². The van der Waals surface area contributed by atoms with Crippen LogP contribution in [0.25, 0.3) is 0 Å². The van der Waals surface area contributed by atoms with Crippen LogP contribution in [0.3, 0.4) is 0 Å². The smallest absolute Gasteiger partial charge is 0.303 e. The molecule has 0 aromatic carbocycles. The molecule has 80 valence electrons. The Labute approximate surface area is 94.4 Å². The fourth-order valence-corrected chi connectivity index (χ4v) is 2.62. The van der Waals surface area contributed by atoms with Crippen LogP contribution in [-0.4, -0.2) is 10.3 Å². The van der Waals surface area contributed by atoms with Gasteiger partial charge in [0.15, 0.2) is 0 Å². The van der Waals surface area contributed by atoms with Crippen LogP contribution in [0, 0.1) is 18.8 Å². The number of rotatable bonds is 4. The highest BCUT2D eigenvalue weighted by molar-refractivity contribution is 7.80. The first kappa shape index (κ1) is 11.9. The summed E-state index contributed by atoms with van der Waals surface area (Å²) in [5.74, 6) is 1.88. The molecule has 0 spiro atoms. The molecule has 1 rings (SSSR count). The Kier molecular flexibility index (Phi) is 4.26. The lowest BCUT2D eigenvalue weighted by molar-refractivity contribution is 0.367. The van der Waals surface area contributed by atoms with Crippen LogP contribution >= 0.6 is 24.0 Å². The minimum atomic E-state index is 0.148. The van der Waals surface area contributed by atoms with Gasteiger partial charge in [0.25, 0.3) is 0 Å². The van der Waals surface area contributed by atoms with Crippen molar-refractivity contribution >= 4 is 24.0 Å². The molecule has 0 bridgehead atoms. The van der Waals surface area contributed by atoms with E-state index >= 15 is 0 Å². The fraction of sp³-hybridized carbons (Fsp3) is 0.700. The Morgan fingerprint density at radius 3 is 2.57 bits per heavy atom. The molecule has 0 aliphatic heterocycles. The van der Waals surface area contributed by atoms with Crippen molar-refractivity contribution in [2.45, 2.75) is 27.3 Å². The molecule has 1 aromatic heterocycles. The Bertz CT molecular complexity index is 340. The monoisotopic (exact) mass is 231 g/mol. The van der Waals surface area contributed by atoms with Gasteiger partial charge in [0.05, 0.1) is 0 Å². The van der Waals surface area contributed by atoms with Gasteiger partial charge in [-0.25, -0.2) is 0 Å². The molecule has 0 N–H and O–H groups in total. The molecular formula is C10H17NOS2. The first-order valence-corrected chi connectivity index (χ1v) is 6.33. The number of thiazole rings is 1. The Hall–Kier alpha value is -0.220. The minimum absolute atomic E-state index is 0.148. The second kappa shape index (κ2) is 5.03. The van der Waals surface area contributed by atoms with Gasteiger partial charge < -0.3 is 4.57 Å². The third kappa shape index (κ3) is 2.64. The van der Waals surface area contributed by atoms with Crippen LogP contribution in [0.1, 0.15) is 19.5 Å². The third-order valence-corrected chi connectivity index (χ3v) is 3.92. The molecule has 0 saturated heterocycles. The van der Waals surface area contributed by atoms with E-state index in [0.29, 0.717) is 11.8 Å². The van der Waals surface area contributed by atoms with Crippen molar-refractivity contribution in [1.29, 1.82) is 0 Å². The Morgan fingerprint density at radius 1 is 1.57 bits per heavy atom. The van der Waals surface area contributed by atoms with E-state index in [2.05, 4.69) is 26.5 Å². The van der Waals surface area contributed by atoms with Crippen molar-refractivity contribution in [2.75, 3.05) is 5.75 Å².